The average Bonchev–Trinajstić information content (AvgIpc) is 2.95. The summed E-state index contributed by atoms with van der Waals surface area (Å²) in [5, 5.41) is 0.918. The molecule has 0 aliphatic carbocycles. The van der Waals surface area contributed by atoms with Crippen LogP contribution in [0.15, 0.2) is 35.1 Å². The van der Waals surface area contributed by atoms with Crippen molar-refractivity contribution in [3.05, 3.63) is 52.4 Å². The van der Waals surface area contributed by atoms with E-state index in [0.29, 0.717) is 11.3 Å². The molecule has 0 bridgehead atoms. The summed E-state index contributed by atoms with van der Waals surface area (Å²) in [6.45, 7) is 4.85. The van der Waals surface area contributed by atoms with Gasteiger partial charge in [-0.15, -0.1) is 0 Å². The molecule has 27 heavy (non-hydrogen) atoms. The van der Waals surface area contributed by atoms with Crippen LogP contribution in [0.4, 0.5) is 0 Å². The quantitative estimate of drug-likeness (QED) is 0.621. The van der Waals surface area contributed by atoms with Crippen LogP contribution in [-0.4, -0.2) is 47.0 Å². The molecule has 0 unspecified atom stereocenters. The smallest absolute Gasteiger partial charge is 0.265 e. The van der Waals surface area contributed by atoms with Crippen LogP contribution in [-0.2, 0) is 0 Å². The molecule has 7 heteroatoms. The number of aromatic amines is 2. The highest BCUT2D eigenvalue weighted by molar-refractivity contribution is 5.91. The number of fused-ring (bicyclic) bond motifs is 1. The molecule has 7 nitrogen and oxygen atoms in total. The van der Waals surface area contributed by atoms with Gasteiger partial charge in [-0.1, -0.05) is 0 Å². The zero-order chi connectivity index (χ0) is 19.8. The molecule has 0 saturated carbocycles. The lowest BCUT2D eigenvalue weighted by Gasteiger charge is -2.29. The van der Waals surface area contributed by atoms with E-state index in [1.807, 2.05) is 52.2 Å². The number of pyridine rings is 1. The molecule has 2 aromatic heterocycles. The monoisotopic (exact) mass is 367 g/mol. The Morgan fingerprint density at radius 3 is 2.63 bits per heavy atom. The first-order chi connectivity index (χ1) is 12.6. The number of primary amides is 1. The van der Waals surface area contributed by atoms with Crippen molar-refractivity contribution in [3.8, 4) is 17.0 Å². The summed E-state index contributed by atoms with van der Waals surface area (Å²) < 4.78 is 6.12. The minimum Gasteiger partial charge on any atom is -0.487 e. The third kappa shape index (κ3) is 4.20. The predicted molar refractivity (Wildman–Crippen MR) is 105 cm³/mol. The fourth-order valence-electron chi connectivity index (χ4n) is 3.19. The largest absolute Gasteiger partial charge is 0.487 e. The maximum Gasteiger partial charge on any atom is 0.265 e. The van der Waals surface area contributed by atoms with Gasteiger partial charge >= 0.3 is 0 Å². The molecular weight excluding hydrogens is 344 g/mol. The Morgan fingerprint density at radius 1 is 1.26 bits per heavy atom. The van der Waals surface area contributed by atoms with Crippen LogP contribution in [0.1, 0.15) is 24.3 Å². The highest BCUT2D eigenvalue weighted by atomic mass is 16.5. The van der Waals surface area contributed by atoms with Gasteiger partial charge in [0.1, 0.15) is 17.0 Å². The summed E-state index contributed by atoms with van der Waals surface area (Å²) >= 11 is 0. The molecule has 3 aromatic rings. The van der Waals surface area contributed by atoms with Crippen LogP contribution in [0.25, 0.3) is 22.2 Å². The number of amides is 1. The number of aromatic nitrogens is 2. The molecule has 0 atom stereocenters. The van der Waals surface area contributed by atoms with Crippen LogP contribution in [0, 0.1) is 6.07 Å². The lowest BCUT2D eigenvalue weighted by atomic mass is 10.1. The molecular formula is C20H23N4O3. The van der Waals surface area contributed by atoms with Crippen molar-refractivity contribution in [1.82, 2.24) is 14.9 Å². The van der Waals surface area contributed by atoms with Gasteiger partial charge in [0.15, 0.2) is 0 Å². The van der Waals surface area contributed by atoms with E-state index in [2.05, 4.69) is 20.9 Å². The first-order valence-corrected chi connectivity index (χ1v) is 8.56. The van der Waals surface area contributed by atoms with E-state index >= 15 is 0 Å². The van der Waals surface area contributed by atoms with E-state index in [0.717, 1.165) is 23.2 Å². The molecule has 0 fully saturated rings. The van der Waals surface area contributed by atoms with Crippen LogP contribution in [0.5, 0.6) is 5.75 Å². The van der Waals surface area contributed by atoms with E-state index in [9.17, 15) is 9.59 Å². The summed E-state index contributed by atoms with van der Waals surface area (Å²) in [6.07, 6.45) is 0. The molecule has 0 saturated heterocycles. The Kier molecular flexibility index (Phi) is 4.80. The maximum atomic E-state index is 12.2. The molecule has 1 amide bonds. The predicted octanol–water partition coefficient (Wildman–Crippen LogP) is 2.14. The van der Waals surface area contributed by atoms with Gasteiger partial charge in [-0.3, -0.25) is 9.59 Å². The van der Waals surface area contributed by atoms with Crippen molar-refractivity contribution in [2.45, 2.75) is 19.4 Å². The molecule has 0 aliphatic rings. The summed E-state index contributed by atoms with van der Waals surface area (Å²) in [5.41, 5.74) is 6.26. The third-order valence-electron chi connectivity index (χ3n) is 4.06. The van der Waals surface area contributed by atoms with E-state index in [-0.39, 0.29) is 11.3 Å². The standard InChI is InChI=1S/C20H23N4O3/c1-20(2,11-24(3)4)27-13-5-7-15-12(9-13)10-17(22-15)14-6-8-16(18(21)25)23-19(14)26/h5-7,9-10,22H,11H2,1-4H3,(H2,21,25)(H,23,26). The molecule has 1 aromatic carbocycles. The number of nitrogens with zero attached hydrogens (tertiary/aromatic N) is 1. The molecule has 0 aliphatic heterocycles. The van der Waals surface area contributed by atoms with Gasteiger partial charge in [-0.05, 0) is 58.3 Å². The van der Waals surface area contributed by atoms with E-state index in [1.54, 1.807) is 0 Å². The van der Waals surface area contributed by atoms with E-state index in [1.165, 1.54) is 6.07 Å². The first-order valence-electron chi connectivity index (χ1n) is 8.56. The van der Waals surface area contributed by atoms with Crippen LogP contribution >= 0.6 is 0 Å². The van der Waals surface area contributed by atoms with Gasteiger partial charge in [-0.25, -0.2) is 0 Å². The van der Waals surface area contributed by atoms with Crippen molar-refractivity contribution in [2.24, 2.45) is 5.73 Å². The molecule has 1 radical (unpaired) electrons. The number of rotatable bonds is 6. The van der Waals surface area contributed by atoms with Crippen molar-refractivity contribution in [1.29, 1.82) is 0 Å². The molecule has 4 N–H and O–H groups in total. The number of H-pyrrole nitrogens is 2. The summed E-state index contributed by atoms with van der Waals surface area (Å²) in [4.78, 5) is 31.1. The second kappa shape index (κ2) is 6.92. The third-order valence-corrected chi connectivity index (χ3v) is 4.06. The van der Waals surface area contributed by atoms with Crippen molar-refractivity contribution in [3.63, 3.8) is 0 Å². The Bertz CT molecular complexity index is 1050. The van der Waals surface area contributed by atoms with Crippen LogP contribution in [0.2, 0.25) is 0 Å². The normalized spacial score (nSPS) is 11.9. The zero-order valence-corrected chi connectivity index (χ0v) is 15.8. The van der Waals surface area contributed by atoms with Gasteiger partial charge in [0.25, 0.3) is 11.5 Å². The van der Waals surface area contributed by atoms with Crippen LogP contribution < -0.4 is 16.0 Å². The molecule has 3 rings (SSSR count). The zero-order valence-electron chi connectivity index (χ0n) is 15.8. The molecule has 141 valence electrons. The van der Waals surface area contributed by atoms with Crippen LogP contribution in [0.3, 0.4) is 0 Å². The second-order valence-electron chi connectivity index (χ2n) is 7.43. The van der Waals surface area contributed by atoms with Gasteiger partial charge < -0.3 is 25.3 Å². The Hall–Kier alpha value is -3.06. The molecule has 2 heterocycles. The number of carbonyl (C=O) groups excluding carboxylic acids is 1. The number of nitrogens with one attached hydrogen (secondary N) is 2. The number of ether oxygens (including phenoxy) is 1. The summed E-state index contributed by atoms with van der Waals surface area (Å²) in [6, 6.07) is 11.8. The number of likely N-dealkylation sites (N-methyl/N-ethyl adjacent to an activating group) is 1. The number of carbonyl (C=O) groups is 1. The minimum atomic E-state index is -0.725. The van der Waals surface area contributed by atoms with Crippen molar-refractivity contribution >= 4 is 16.8 Å². The second-order valence-corrected chi connectivity index (χ2v) is 7.43. The van der Waals surface area contributed by atoms with Crippen molar-refractivity contribution in [2.75, 3.05) is 20.6 Å². The summed E-state index contributed by atoms with van der Waals surface area (Å²) in [7, 11) is 4.01. The lowest BCUT2D eigenvalue weighted by Crippen LogP contribution is -2.39. The summed E-state index contributed by atoms with van der Waals surface area (Å²) in [5.74, 6) is 0.0295. The van der Waals surface area contributed by atoms with Gasteiger partial charge in [0.05, 0.1) is 11.3 Å². The first kappa shape index (κ1) is 18.7. The number of hydrogen-bond donors (Lipinski definition) is 3. The topological polar surface area (TPSA) is 104 Å². The van der Waals surface area contributed by atoms with E-state index < -0.39 is 11.5 Å². The number of hydrogen-bond acceptors (Lipinski definition) is 4. The maximum absolute atomic E-state index is 12.2. The average molecular weight is 367 g/mol. The Balaban J connectivity index is 1.93. The van der Waals surface area contributed by atoms with Crippen molar-refractivity contribution < 1.29 is 9.53 Å². The molecule has 0 spiro atoms. The highest BCUT2D eigenvalue weighted by Gasteiger charge is 2.21. The SMILES string of the molecule is CN(C)CC(C)(C)Oc1ccc2[nH]c(-c3c[c]c(C(N)=O)[nH]c3=O)cc2c1. The minimum absolute atomic E-state index is 0.0429. The van der Waals surface area contributed by atoms with Gasteiger partial charge in [0, 0.05) is 23.5 Å². The fourth-order valence-corrected chi connectivity index (χ4v) is 3.19. The number of benzene rings is 1. The lowest BCUT2D eigenvalue weighted by molar-refractivity contribution is 0.0776. The fraction of sp³-hybridized carbons (Fsp3) is 0.300. The Morgan fingerprint density at radius 2 is 2.00 bits per heavy atom. The highest BCUT2D eigenvalue weighted by Crippen LogP contribution is 2.27. The van der Waals surface area contributed by atoms with Gasteiger partial charge in [-0.2, -0.15) is 0 Å². The number of nitrogens with two attached hydrogens (primary N) is 1. The van der Waals surface area contributed by atoms with Gasteiger partial charge in [0.2, 0.25) is 0 Å². The van der Waals surface area contributed by atoms with E-state index in [4.69, 9.17) is 10.5 Å². The Labute approximate surface area is 157 Å².